The number of aliphatic hydroxyl groups excluding tert-OH is 1. The number of aromatic nitrogens is 1. The lowest BCUT2D eigenvalue weighted by Gasteiger charge is -2.14. The van der Waals surface area contributed by atoms with Gasteiger partial charge in [0.1, 0.15) is 16.6 Å². The van der Waals surface area contributed by atoms with Gasteiger partial charge in [-0.15, -0.1) is 0 Å². The Bertz CT molecular complexity index is 662. The molecule has 1 heterocycles. The summed E-state index contributed by atoms with van der Waals surface area (Å²) in [5, 5.41) is 18.0. The normalized spacial score (nSPS) is 13.0. The number of aromatic carboxylic acids is 1. The smallest absolute Gasteiger partial charge is 0.352 e. The topological polar surface area (TPSA) is 146 Å². The Morgan fingerprint density at radius 1 is 1.38 bits per heavy atom. The molecule has 0 aromatic carbocycles. The molecule has 0 aliphatic heterocycles. The second-order valence-corrected chi connectivity index (χ2v) is 5.91. The summed E-state index contributed by atoms with van der Waals surface area (Å²) in [5.41, 5.74) is -0.139. The van der Waals surface area contributed by atoms with Crippen LogP contribution < -0.4 is 4.72 Å². The van der Waals surface area contributed by atoms with Crippen LogP contribution in [-0.2, 0) is 19.6 Å². The number of aromatic amines is 1. The zero-order valence-electron chi connectivity index (χ0n) is 11.6. The summed E-state index contributed by atoms with van der Waals surface area (Å²) in [4.78, 5) is 24.5. The van der Waals surface area contributed by atoms with Crippen molar-refractivity contribution < 1.29 is 33.0 Å². The van der Waals surface area contributed by atoms with E-state index in [0.717, 1.165) is 7.11 Å². The molecule has 0 radical (unpaired) electrons. The fourth-order valence-corrected chi connectivity index (χ4v) is 3.52. The highest BCUT2D eigenvalue weighted by atomic mass is 32.2. The number of carboxylic acid groups (broad SMARTS) is 1. The molecule has 0 aliphatic carbocycles. The van der Waals surface area contributed by atoms with Gasteiger partial charge in [0.05, 0.1) is 13.7 Å². The van der Waals surface area contributed by atoms with E-state index in [9.17, 15) is 18.0 Å². The number of carbonyl (C=O) groups is 2. The minimum atomic E-state index is -4.21. The van der Waals surface area contributed by atoms with Crippen molar-refractivity contribution in [1.82, 2.24) is 9.71 Å². The zero-order chi connectivity index (χ0) is 16.4. The maximum atomic E-state index is 12.3. The molecule has 1 atom stereocenters. The number of aryl methyl sites for hydroxylation is 1. The molecule has 1 rings (SSSR count). The van der Waals surface area contributed by atoms with Gasteiger partial charge in [0, 0.05) is 11.3 Å². The molecule has 10 heteroatoms. The molecule has 0 saturated carbocycles. The van der Waals surface area contributed by atoms with Crippen LogP contribution in [0.1, 0.15) is 21.7 Å². The van der Waals surface area contributed by atoms with Gasteiger partial charge in [-0.3, -0.25) is 4.79 Å². The van der Waals surface area contributed by atoms with E-state index in [2.05, 4.69) is 9.72 Å². The highest BCUT2D eigenvalue weighted by Gasteiger charge is 2.31. The van der Waals surface area contributed by atoms with Crippen molar-refractivity contribution in [1.29, 1.82) is 0 Å². The SMILES string of the molecule is COC(=O)C(CO)NS(=O)(=O)c1c(C)[nH]c(C(=O)O)c1C. The first-order valence-electron chi connectivity index (χ1n) is 5.79. The van der Waals surface area contributed by atoms with Gasteiger partial charge in [-0.25, -0.2) is 13.2 Å². The quantitative estimate of drug-likeness (QED) is 0.499. The van der Waals surface area contributed by atoms with Gasteiger partial charge >= 0.3 is 11.9 Å². The number of rotatable bonds is 6. The van der Waals surface area contributed by atoms with E-state index in [1.54, 1.807) is 0 Å². The molecule has 1 unspecified atom stereocenters. The second-order valence-electron chi connectivity index (χ2n) is 4.26. The number of esters is 1. The van der Waals surface area contributed by atoms with Crippen LogP contribution in [0.5, 0.6) is 0 Å². The summed E-state index contributed by atoms with van der Waals surface area (Å²) in [5.74, 6) is -2.26. The number of H-pyrrole nitrogens is 1. The van der Waals surface area contributed by atoms with Crippen LogP contribution in [0.15, 0.2) is 4.90 Å². The van der Waals surface area contributed by atoms with Crippen molar-refractivity contribution >= 4 is 22.0 Å². The summed E-state index contributed by atoms with van der Waals surface area (Å²) >= 11 is 0. The molecular weight excluding hydrogens is 304 g/mol. The highest BCUT2D eigenvalue weighted by Crippen LogP contribution is 2.23. The molecule has 0 bridgehead atoms. The van der Waals surface area contributed by atoms with Crippen LogP contribution in [0, 0.1) is 13.8 Å². The number of nitrogens with one attached hydrogen (secondary N) is 2. The maximum Gasteiger partial charge on any atom is 0.352 e. The average Bonchev–Trinajstić information content (AvgIpc) is 2.71. The van der Waals surface area contributed by atoms with E-state index in [1.165, 1.54) is 13.8 Å². The molecule has 0 spiro atoms. The Morgan fingerprint density at radius 3 is 2.33 bits per heavy atom. The van der Waals surface area contributed by atoms with Gasteiger partial charge in [-0.1, -0.05) is 0 Å². The van der Waals surface area contributed by atoms with E-state index >= 15 is 0 Å². The molecule has 1 aromatic rings. The van der Waals surface area contributed by atoms with Crippen LogP contribution in [-0.4, -0.2) is 55.3 Å². The third kappa shape index (κ3) is 3.40. The van der Waals surface area contributed by atoms with Gasteiger partial charge in [0.25, 0.3) is 0 Å². The van der Waals surface area contributed by atoms with E-state index in [1.807, 2.05) is 4.72 Å². The number of carboxylic acids is 1. The van der Waals surface area contributed by atoms with Gasteiger partial charge in [-0.05, 0) is 13.8 Å². The Hall–Kier alpha value is -1.91. The monoisotopic (exact) mass is 320 g/mol. The average molecular weight is 320 g/mol. The van der Waals surface area contributed by atoms with Gasteiger partial charge in [-0.2, -0.15) is 4.72 Å². The number of hydrogen-bond donors (Lipinski definition) is 4. The predicted molar refractivity (Wildman–Crippen MR) is 70.4 cm³/mol. The summed E-state index contributed by atoms with van der Waals surface area (Å²) in [6.45, 7) is 1.92. The lowest BCUT2D eigenvalue weighted by Crippen LogP contribution is -2.44. The molecule has 9 nitrogen and oxygen atoms in total. The highest BCUT2D eigenvalue weighted by molar-refractivity contribution is 7.89. The largest absolute Gasteiger partial charge is 0.477 e. The minimum absolute atomic E-state index is 0.00838. The molecule has 0 fully saturated rings. The van der Waals surface area contributed by atoms with Crippen molar-refractivity contribution in [3.63, 3.8) is 0 Å². The molecule has 4 N–H and O–H groups in total. The molecule has 118 valence electrons. The third-order valence-corrected chi connectivity index (χ3v) is 4.56. The van der Waals surface area contributed by atoms with Crippen molar-refractivity contribution in [2.75, 3.05) is 13.7 Å². The predicted octanol–water partition coefficient (Wildman–Crippen LogP) is -0.858. The number of aliphatic hydroxyl groups is 1. The maximum absolute atomic E-state index is 12.3. The lowest BCUT2D eigenvalue weighted by atomic mass is 10.2. The van der Waals surface area contributed by atoms with Crippen LogP contribution in [0.2, 0.25) is 0 Å². The van der Waals surface area contributed by atoms with Crippen LogP contribution in [0.3, 0.4) is 0 Å². The first-order chi connectivity index (χ1) is 9.65. The summed E-state index contributed by atoms with van der Waals surface area (Å²) in [6, 6.07) is -1.47. The van der Waals surface area contributed by atoms with Crippen molar-refractivity contribution in [2.24, 2.45) is 0 Å². The number of methoxy groups -OCH3 is 1. The van der Waals surface area contributed by atoms with Crippen LogP contribution in [0.25, 0.3) is 0 Å². The van der Waals surface area contributed by atoms with E-state index in [4.69, 9.17) is 10.2 Å². The number of carbonyl (C=O) groups excluding carboxylic acids is 1. The summed E-state index contributed by atoms with van der Waals surface area (Å²) < 4.78 is 30.9. The Kier molecular flexibility index (Phi) is 5.10. The molecular formula is C11H16N2O7S. The summed E-state index contributed by atoms with van der Waals surface area (Å²) in [7, 11) is -3.16. The Balaban J connectivity index is 3.26. The molecule has 21 heavy (non-hydrogen) atoms. The summed E-state index contributed by atoms with van der Waals surface area (Å²) in [6.07, 6.45) is 0. The number of hydrogen-bond acceptors (Lipinski definition) is 6. The van der Waals surface area contributed by atoms with Crippen molar-refractivity contribution in [2.45, 2.75) is 24.8 Å². The molecule has 0 amide bonds. The Morgan fingerprint density at radius 2 is 1.95 bits per heavy atom. The van der Waals surface area contributed by atoms with Gasteiger partial charge < -0.3 is 19.9 Å². The minimum Gasteiger partial charge on any atom is -0.477 e. The molecule has 0 saturated heterocycles. The van der Waals surface area contributed by atoms with Crippen LogP contribution >= 0.6 is 0 Å². The van der Waals surface area contributed by atoms with Gasteiger partial charge in [0.15, 0.2) is 0 Å². The van der Waals surface area contributed by atoms with Crippen molar-refractivity contribution in [3.8, 4) is 0 Å². The Labute approximate surface area is 121 Å². The zero-order valence-corrected chi connectivity index (χ0v) is 12.4. The third-order valence-electron chi connectivity index (χ3n) is 2.82. The van der Waals surface area contributed by atoms with E-state index < -0.39 is 34.6 Å². The van der Waals surface area contributed by atoms with E-state index in [0.29, 0.717) is 0 Å². The van der Waals surface area contributed by atoms with Crippen LogP contribution in [0.4, 0.5) is 0 Å². The molecule has 1 aromatic heterocycles. The fraction of sp³-hybridized carbons (Fsp3) is 0.455. The first-order valence-corrected chi connectivity index (χ1v) is 7.27. The number of sulfonamides is 1. The van der Waals surface area contributed by atoms with Gasteiger partial charge in [0.2, 0.25) is 10.0 Å². The molecule has 0 aliphatic rings. The van der Waals surface area contributed by atoms with Crippen molar-refractivity contribution in [3.05, 3.63) is 17.0 Å². The standard InChI is InChI=1S/C11H16N2O7S/c1-5-8(10(15)16)12-6(2)9(5)21(18,19)13-7(4-14)11(17)20-3/h7,12-14H,4H2,1-3H3,(H,15,16). The first kappa shape index (κ1) is 17.1. The fourth-order valence-electron chi connectivity index (χ4n) is 1.90. The number of ether oxygens (including phenoxy) is 1. The van der Waals surface area contributed by atoms with E-state index in [-0.39, 0.29) is 21.8 Å². The second kappa shape index (κ2) is 6.24. The lowest BCUT2D eigenvalue weighted by molar-refractivity contribution is -0.143.